The van der Waals surface area contributed by atoms with Gasteiger partial charge in [-0.05, 0) is 48.6 Å². The van der Waals surface area contributed by atoms with E-state index >= 15 is 0 Å². The minimum Gasteiger partial charge on any atom is -0.271 e. The maximum atomic E-state index is 6.24. The molecule has 0 aliphatic heterocycles. The van der Waals surface area contributed by atoms with Gasteiger partial charge < -0.3 is 0 Å². The van der Waals surface area contributed by atoms with Crippen LogP contribution < -0.4 is 11.3 Å². The van der Waals surface area contributed by atoms with Crippen molar-refractivity contribution < 1.29 is 0 Å². The summed E-state index contributed by atoms with van der Waals surface area (Å²) in [6.07, 6.45) is 5.00. The van der Waals surface area contributed by atoms with Crippen LogP contribution in [0.15, 0.2) is 18.2 Å². The van der Waals surface area contributed by atoms with Gasteiger partial charge in [-0.1, -0.05) is 41.8 Å². The molecule has 2 aliphatic rings. The molecular weight excluding hydrogens is 267 g/mol. The molecule has 0 bridgehead atoms. The standard InChI is InChI=1S/C14H18Cl2N2/c15-11-6-1-3-8(14(11)16)7-12(18-17)13-9-4-2-5-10(9)13/h1,3,6,9-10,12-13,18H,2,4-5,7,17H2. The van der Waals surface area contributed by atoms with Crippen molar-refractivity contribution in [2.75, 3.05) is 0 Å². The third kappa shape index (κ3) is 2.16. The number of hydrogen-bond acceptors (Lipinski definition) is 2. The van der Waals surface area contributed by atoms with Crippen LogP contribution in [0.1, 0.15) is 24.8 Å². The molecule has 18 heavy (non-hydrogen) atoms. The number of rotatable bonds is 4. The highest BCUT2D eigenvalue weighted by atomic mass is 35.5. The van der Waals surface area contributed by atoms with Crippen LogP contribution in [-0.2, 0) is 6.42 Å². The second-order valence-corrected chi connectivity index (χ2v) is 6.31. The van der Waals surface area contributed by atoms with Crippen molar-refractivity contribution in [1.82, 2.24) is 5.43 Å². The van der Waals surface area contributed by atoms with Crippen molar-refractivity contribution >= 4 is 23.2 Å². The molecule has 1 aromatic rings. The van der Waals surface area contributed by atoms with Crippen LogP contribution in [0.25, 0.3) is 0 Å². The second-order valence-electron chi connectivity index (χ2n) is 5.53. The van der Waals surface area contributed by atoms with E-state index in [0.29, 0.717) is 16.1 Å². The monoisotopic (exact) mass is 284 g/mol. The first-order valence-corrected chi connectivity index (χ1v) is 7.37. The molecule has 1 aromatic carbocycles. The summed E-state index contributed by atoms with van der Waals surface area (Å²) in [6.45, 7) is 0. The molecule has 4 heteroatoms. The molecule has 2 fully saturated rings. The van der Waals surface area contributed by atoms with Gasteiger partial charge in [0, 0.05) is 6.04 Å². The fourth-order valence-electron chi connectivity index (χ4n) is 3.72. The molecule has 0 radical (unpaired) electrons. The lowest BCUT2D eigenvalue weighted by Gasteiger charge is -2.19. The van der Waals surface area contributed by atoms with Gasteiger partial charge in [0.05, 0.1) is 10.0 Å². The summed E-state index contributed by atoms with van der Waals surface area (Å²) in [5, 5.41) is 1.30. The third-order valence-corrected chi connectivity index (χ3v) is 5.48. The maximum absolute atomic E-state index is 6.24. The number of nitrogens with one attached hydrogen (secondary N) is 1. The molecule has 3 atom stereocenters. The fraction of sp³-hybridized carbons (Fsp3) is 0.571. The van der Waals surface area contributed by atoms with Gasteiger partial charge in [0.25, 0.3) is 0 Å². The second kappa shape index (κ2) is 5.01. The SMILES string of the molecule is NNC(Cc1cccc(Cl)c1Cl)C1C2CCCC21. The van der Waals surface area contributed by atoms with Crippen LogP contribution in [0.5, 0.6) is 0 Å². The van der Waals surface area contributed by atoms with Gasteiger partial charge in [0.2, 0.25) is 0 Å². The third-order valence-electron chi connectivity index (χ3n) is 4.62. The molecule has 2 aliphatic carbocycles. The zero-order valence-corrected chi connectivity index (χ0v) is 11.7. The summed E-state index contributed by atoms with van der Waals surface area (Å²) in [7, 11) is 0. The lowest BCUT2D eigenvalue weighted by molar-refractivity contribution is 0.410. The Morgan fingerprint density at radius 3 is 2.67 bits per heavy atom. The Hall–Kier alpha value is -0.280. The van der Waals surface area contributed by atoms with Crippen molar-refractivity contribution in [2.24, 2.45) is 23.6 Å². The van der Waals surface area contributed by atoms with Crippen molar-refractivity contribution in [2.45, 2.75) is 31.7 Å². The summed E-state index contributed by atoms with van der Waals surface area (Å²) in [5.74, 6) is 8.25. The number of nitrogens with two attached hydrogens (primary N) is 1. The molecule has 3 N–H and O–H groups in total. The first-order valence-electron chi connectivity index (χ1n) is 6.61. The van der Waals surface area contributed by atoms with Gasteiger partial charge in [-0.3, -0.25) is 11.3 Å². The van der Waals surface area contributed by atoms with Crippen molar-refractivity contribution in [3.05, 3.63) is 33.8 Å². The topological polar surface area (TPSA) is 38.0 Å². The molecule has 0 amide bonds. The predicted molar refractivity (Wildman–Crippen MR) is 75.6 cm³/mol. The van der Waals surface area contributed by atoms with Crippen molar-refractivity contribution in [3.63, 3.8) is 0 Å². The lowest BCUT2D eigenvalue weighted by Crippen LogP contribution is -2.39. The van der Waals surface area contributed by atoms with Crippen LogP contribution in [0.3, 0.4) is 0 Å². The Kier molecular flexibility index (Phi) is 3.55. The van der Waals surface area contributed by atoms with E-state index in [-0.39, 0.29) is 0 Å². The smallest absolute Gasteiger partial charge is 0.0624 e. The predicted octanol–water partition coefficient (Wildman–Crippen LogP) is 3.41. The normalized spacial score (nSPS) is 31.2. The number of fused-ring (bicyclic) bond motifs is 1. The summed E-state index contributed by atoms with van der Waals surface area (Å²) in [6, 6.07) is 6.14. The Labute approximate surface area is 118 Å². The number of hydrogen-bond donors (Lipinski definition) is 2. The van der Waals surface area contributed by atoms with Crippen LogP contribution in [-0.4, -0.2) is 6.04 Å². The van der Waals surface area contributed by atoms with Crippen LogP contribution in [0.4, 0.5) is 0 Å². The molecule has 0 heterocycles. The zero-order chi connectivity index (χ0) is 12.7. The van der Waals surface area contributed by atoms with E-state index < -0.39 is 0 Å². The molecule has 98 valence electrons. The van der Waals surface area contributed by atoms with Crippen LogP contribution in [0, 0.1) is 17.8 Å². The Bertz CT molecular complexity index is 439. The molecule has 0 aromatic heterocycles. The lowest BCUT2D eigenvalue weighted by atomic mass is 9.97. The number of hydrazine groups is 1. The van der Waals surface area contributed by atoms with E-state index in [9.17, 15) is 0 Å². The van der Waals surface area contributed by atoms with E-state index in [1.165, 1.54) is 19.3 Å². The fourth-order valence-corrected chi connectivity index (χ4v) is 4.12. The molecule has 2 nitrogen and oxygen atoms in total. The van der Waals surface area contributed by atoms with Crippen molar-refractivity contribution in [1.29, 1.82) is 0 Å². The van der Waals surface area contributed by atoms with Gasteiger partial charge in [0.15, 0.2) is 0 Å². The summed E-state index contributed by atoms with van der Waals surface area (Å²) >= 11 is 12.3. The summed E-state index contributed by atoms with van der Waals surface area (Å²) in [5.41, 5.74) is 4.08. The molecule has 3 unspecified atom stereocenters. The Morgan fingerprint density at radius 2 is 2.00 bits per heavy atom. The largest absolute Gasteiger partial charge is 0.271 e. The highest BCUT2D eigenvalue weighted by Crippen LogP contribution is 2.59. The molecule has 0 saturated heterocycles. The quantitative estimate of drug-likeness (QED) is 0.657. The van der Waals surface area contributed by atoms with Gasteiger partial charge in [-0.15, -0.1) is 0 Å². The Morgan fingerprint density at radius 1 is 1.28 bits per heavy atom. The maximum Gasteiger partial charge on any atom is 0.0624 e. The number of benzene rings is 1. The van der Waals surface area contributed by atoms with Crippen LogP contribution >= 0.6 is 23.2 Å². The molecule has 0 spiro atoms. The average molecular weight is 285 g/mol. The molecule has 3 rings (SSSR count). The minimum absolute atomic E-state index is 0.330. The average Bonchev–Trinajstić information content (AvgIpc) is 2.84. The van der Waals surface area contributed by atoms with E-state index in [1.54, 1.807) is 0 Å². The first-order chi connectivity index (χ1) is 8.72. The summed E-state index contributed by atoms with van der Waals surface area (Å²) < 4.78 is 0. The van der Waals surface area contributed by atoms with Gasteiger partial charge >= 0.3 is 0 Å². The van der Waals surface area contributed by atoms with E-state index in [2.05, 4.69) is 5.43 Å². The highest BCUT2D eigenvalue weighted by molar-refractivity contribution is 6.42. The van der Waals surface area contributed by atoms with E-state index in [1.807, 2.05) is 18.2 Å². The zero-order valence-electron chi connectivity index (χ0n) is 10.2. The van der Waals surface area contributed by atoms with Gasteiger partial charge in [-0.25, -0.2) is 0 Å². The van der Waals surface area contributed by atoms with E-state index in [4.69, 9.17) is 29.0 Å². The van der Waals surface area contributed by atoms with Gasteiger partial charge in [-0.2, -0.15) is 0 Å². The number of halogens is 2. The van der Waals surface area contributed by atoms with E-state index in [0.717, 1.165) is 29.7 Å². The molecule has 2 saturated carbocycles. The van der Waals surface area contributed by atoms with Crippen LogP contribution in [0.2, 0.25) is 10.0 Å². The van der Waals surface area contributed by atoms with Crippen molar-refractivity contribution in [3.8, 4) is 0 Å². The highest BCUT2D eigenvalue weighted by Gasteiger charge is 2.55. The molecular formula is C14H18Cl2N2. The Balaban J connectivity index is 1.72. The summed E-state index contributed by atoms with van der Waals surface area (Å²) in [4.78, 5) is 0. The van der Waals surface area contributed by atoms with Gasteiger partial charge in [0.1, 0.15) is 0 Å². The minimum atomic E-state index is 0.330. The first kappa shape index (κ1) is 12.7.